The summed E-state index contributed by atoms with van der Waals surface area (Å²) in [7, 11) is 1.09. The van der Waals surface area contributed by atoms with Crippen LogP contribution in [-0.2, 0) is 4.74 Å². The van der Waals surface area contributed by atoms with Crippen molar-refractivity contribution in [2.24, 2.45) is 0 Å². The largest absolute Gasteiger partial charge is 0.420 e. The second kappa shape index (κ2) is 3.80. The fraction of sp³-hybridized carbons (Fsp3) is 0.455. The van der Waals surface area contributed by atoms with E-state index in [2.05, 4.69) is 4.74 Å². The standard InChI is InChI=1S/C11H13F3N2O/c1-17-10(11(12,13)14)6-16(7-10)9-4-2-8(15)3-5-9/h2-5H,6-7,15H2,1H3. The number of alkyl halides is 3. The van der Waals surface area contributed by atoms with E-state index in [1.807, 2.05) is 0 Å². The van der Waals surface area contributed by atoms with Crippen LogP contribution < -0.4 is 10.6 Å². The number of rotatable bonds is 2. The minimum atomic E-state index is -4.34. The smallest absolute Gasteiger partial charge is 0.399 e. The summed E-state index contributed by atoms with van der Waals surface area (Å²) in [6.07, 6.45) is -4.34. The molecule has 1 aromatic carbocycles. The van der Waals surface area contributed by atoms with Gasteiger partial charge in [0.2, 0.25) is 0 Å². The van der Waals surface area contributed by atoms with Crippen molar-refractivity contribution in [2.75, 3.05) is 30.8 Å². The van der Waals surface area contributed by atoms with Gasteiger partial charge >= 0.3 is 6.18 Å². The van der Waals surface area contributed by atoms with E-state index >= 15 is 0 Å². The minimum absolute atomic E-state index is 0.184. The molecule has 1 fully saturated rings. The van der Waals surface area contributed by atoms with Gasteiger partial charge in [-0.15, -0.1) is 0 Å². The van der Waals surface area contributed by atoms with Gasteiger partial charge < -0.3 is 15.4 Å². The SMILES string of the molecule is COC1(C(F)(F)F)CN(c2ccc(N)cc2)C1. The number of hydrogen-bond acceptors (Lipinski definition) is 3. The van der Waals surface area contributed by atoms with Crippen LogP contribution in [0, 0.1) is 0 Å². The second-order valence-corrected chi connectivity index (χ2v) is 4.14. The Morgan fingerprint density at radius 3 is 2.18 bits per heavy atom. The minimum Gasteiger partial charge on any atom is -0.399 e. The Kier molecular flexibility index (Phi) is 2.69. The molecular formula is C11H13F3N2O. The molecule has 3 nitrogen and oxygen atoms in total. The maximum atomic E-state index is 12.7. The van der Waals surface area contributed by atoms with Crippen molar-refractivity contribution in [1.29, 1.82) is 0 Å². The molecule has 1 saturated heterocycles. The molecule has 0 saturated carbocycles. The quantitative estimate of drug-likeness (QED) is 0.811. The number of nitrogens with two attached hydrogens (primary N) is 1. The van der Waals surface area contributed by atoms with Crippen molar-refractivity contribution < 1.29 is 17.9 Å². The molecule has 0 aliphatic carbocycles. The Bertz CT molecular complexity index is 396. The Balaban J connectivity index is 2.09. The first-order valence-electron chi connectivity index (χ1n) is 5.10. The average Bonchev–Trinajstić information content (AvgIpc) is 2.17. The van der Waals surface area contributed by atoms with Crippen molar-refractivity contribution >= 4 is 11.4 Å². The number of nitrogens with zero attached hydrogens (tertiary/aromatic N) is 1. The zero-order valence-electron chi connectivity index (χ0n) is 9.29. The molecule has 0 atom stereocenters. The highest BCUT2D eigenvalue weighted by atomic mass is 19.4. The van der Waals surface area contributed by atoms with Crippen LogP contribution in [0.2, 0.25) is 0 Å². The van der Waals surface area contributed by atoms with E-state index in [-0.39, 0.29) is 13.1 Å². The monoisotopic (exact) mass is 246 g/mol. The lowest BCUT2D eigenvalue weighted by Crippen LogP contribution is -2.70. The Morgan fingerprint density at radius 2 is 1.76 bits per heavy atom. The molecule has 0 amide bonds. The van der Waals surface area contributed by atoms with Gasteiger partial charge in [-0.25, -0.2) is 0 Å². The molecular weight excluding hydrogens is 233 g/mol. The van der Waals surface area contributed by atoms with Gasteiger partial charge in [0.25, 0.3) is 0 Å². The first-order valence-corrected chi connectivity index (χ1v) is 5.10. The lowest BCUT2D eigenvalue weighted by atomic mass is 9.92. The summed E-state index contributed by atoms with van der Waals surface area (Å²) in [6, 6.07) is 6.72. The highest BCUT2D eigenvalue weighted by molar-refractivity contribution is 5.55. The van der Waals surface area contributed by atoms with E-state index in [9.17, 15) is 13.2 Å². The van der Waals surface area contributed by atoms with Gasteiger partial charge in [-0.1, -0.05) is 0 Å². The van der Waals surface area contributed by atoms with Crippen LogP contribution >= 0.6 is 0 Å². The Morgan fingerprint density at radius 1 is 1.24 bits per heavy atom. The normalized spacial score (nSPS) is 18.9. The number of anilines is 2. The maximum absolute atomic E-state index is 12.7. The van der Waals surface area contributed by atoms with Crippen molar-refractivity contribution in [3.63, 3.8) is 0 Å². The molecule has 0 unspecified atom stereocenters. The fourth-order valence-corrected chi connectivity index (χ4v) is 1.86. The van der Waals surface area contributed by atoms with E-state index in [1.54, 1.807) is 29.2 Å². The molecule has 0 radical (unpaired) electrons. The number of hydrogen-bond donors (Lipinski definition) is 1. The van der Waals surface area contributed by atoms with Gasteiger partial charge in [-0.05, 0) is 24.3 Å². The highest BCUT2D eigenvalue weighted by Crippen LogP contribution is 2.42. The summed E-state index contributed by atoms with van der Waals surface area (Å²) in [5, 5.41) is 0. The number of methoxy groups -OCH3 is 1. The predicted octanol–water partition coefficient (Wildman–Crippen LogP) is 2.04. The topological polar surface area (TPSA) is 38.5 Å². The zero-order valence-corrected chi connectivity index (χ0v) is 9.29. The van der Waals surface area contributed by atoms with Gasteiger partial charge in [0.1, 0.15) is 0 Å². The van der Waals surface area contributed by atoms with Crippen LogP contribution in [0.1, 0.15) is 0 Å². The molecule has 17 heavy (non-hydrogen) atoms. The lowest BCUT2D eigenvalue weighted by molar-refractivity contribution is -0.277. The van der Waals surface area contributed by atoms with Gasteiger partial charge in [0.15, 0.2) is 5.60 Å². The third kappa shape index (κ3) is 1.93. The van der Waals surface area contributed by atoms with Crippen molar-refractivity contribution in [3.8, 4) is 0 Å². The van der Waals surface area contributed by atoms with Crippen LogP contribution in [0.15, 0.2) is 24.3 Å². The summed E-state index contributed by atoms with van der Waals surface area (Å²) in [5.74, 6) is 0. The van der Waals surface area contributed by atoms with Crippen molar-refractivity contribution in [1.82, 2.24) is 0 Å². The molecule has 6 heteroatoms. The maximum Gasteiger partial charge on any atom is 0.420 e. The Labute approximate surface area is 97.0 Å². The highest BCUT2D eigenvalue weighted by Gasteiger charge is 2.62. The number of ether oxygens (including phenoxy) is 1. The summed E-state index contributed by atoms with van der Waals surface area (Å²) in [5.41, 5.74) is 4.78. The van der Waals surface area contributed by atoms with Gasteiger partial charge in [-0.3, -0.25) is 0 Å². The Hall–Kier alpha value is -1.43. The second-order valence-electron chi connectivity index (χ2n) is 4.14. The van der Waals surface area contributed by atoms with E-state index in [4.69, 9.17) is 5.73 Å². The van der Waals surface area contributed by atoms with Crippen LogP contribution in [0.3, 0.4) is 0 Å². The summed E-state index contributed by atoms with van der Waals surface area (Å²) >= 11 is 0. The molecule has 0 bridgehead atoms. The fourth-order valence-electron chi connectivity index (χ4n) is 1.86. The number of halogens is 3. The van der Waals surface area contributed by atoms with Crippen LogP contribution in [0.5, 0.6) is 0 Å². The zero-order chi connectivity index (χ0) is 12.7. The molecule has 2 rings (SSSR count). The number of nitrogen functional groups attached to an aromatic ring is 1. The van der Waals surface area contributed by atoms with Crippen molar-refractivity contribution in [3.05, 3.63) is 24.3 Å². The molecule has 0 aromatic heterocycles. The third-order valence-electron chi connectivity index (χ3n) is 3.06. The molecule has 2 N–H and O–H groups in total. The first kappa shape index (κ1) is 12.0. The summed E-state index contributed by atoms with van der Waals surface area (Å²) < 4.78 is 42.8. The third-order valence-corrected chi connectivity index (χ3v) is 3.06. The van der Waals surface area contributed by atoms with Gasteiger partial charge in [0, 0.05) is 18.5 Å². The summed E-state index contributed by atoms with van der Waals surface area (Å²) in [4.78, 5) is 1.61. The molecule has 1 aliphatic rings. The first-order chi connectivity index (χ1) is 7.88. The predicted molar refractivity (Wildman–Crippen MR) is 58.9 cm³/mol. The molecule has 94 valence electrons. The molecule has 0 spiro atoms. The van der Waals surface area contributed by atoms with Crippen LogP contribution in [0.25, 0.3) is 0 Å². The van der Waals surface area contributed by atoms with Gasteiger partial charge in [0.05, 0.1) is 13.1 Å². The van der Waals surface area contributed by atoms with Gasteiger partial charge in [-0.2, -0.15) is 13.2 Å². The molecule has 1 aliphatic heterocycles. The molecule has 1 heterocycles. The number of benzene rings is 1. The van der Waals surface area contributed by atoms with Crippen molar-refractivity contribution in [2.45, 2.75) is 11.8 Å². The van der Waals surface area contributed by atoms with E-state index in [0.717, 1.165) is 12.8 Å². The summed E-state index contributed by atoms with van der Waals surface area (Å²) in [6.45, 7) is -0.367. The van der Waals surface area contributed by atoms with E-state index in [0.29, 0.717) is 5.69 Å². The molecule has 1 aromatic rings. The lowest BCUT2D eigenvalue weighted by Gasteiger charge is -2.50. The van der Waals surface area contributed by atoms with Crippen LogP contribution in [-0.4, -0.2) is 32.0 Å². The van der Waals surface area contributed by atoms with E-state index < -0.39 is 11.8 Å². The van der Waals surface area contributed by atoms with E-state index in [1.165, 1.54) is 0 Å². The average molecular weight is 246 g/mol. The van der Waals surface area contributed by atoms with Crippen LogP contribution in [0.4, 0.5) is 24.5 Å².